The van der Waals surface area contributed by atoms with Gasteiger partial charge in [0.1, 0.15) is 11.8 Å². The number of carboxylic acid groups (broad SMARTS) is 2. The lowest BCUT2D eigenvalue weighted by Gasteiger charge is -2.20. The van der Waals surface area contributed by atoms with Crippen LogP contribution in [-0.4, -0.2) is 51.3 Å². The summed E-state index contributed by atoms with van der Waals surface area (Å²) in [6.45, 7) is 0. The first-order chi connectivity index (χ1) is 11.8. The van der Waals surface area contributed by atoms with Crippen molar-refractivity contribution in [3.63, 3.8) is 0 Å². The summed E-state index contributed by atoms with van der Waals surface area (Å²) in [7, 11) is 1.52. The number of rotatable bonds is 7. The number of thioether (sulfide) groups is 1. The van der Waals surface area contributed by atoms with Crippen molar-refractivity contribution in [2.45, 2.75) is 18.9 Å². The number of imide groups is 1. The van der Waals surface area contributed by atoms with Crippen molar-refractivity contribution >= 4 is 40.9 Å². The Kier molecular flexibility index (Phi) is 5.81. The van der Waals surface area contributed by atoms with Crippen LogP contribution >= 0.6 is 11.8 Å². The van der Waals surface area contributed by atoms with Gasteiger partial charge in [0.15, 0.2) is 0 Å². The van der Waals surface area contributed by atoms with Crippen molar-refractivity contribution in [3.8, 4) is 5.75 Å². The summed E-state index contributed by atoms with van der Waals surface area (Å²) in [6.07, 6.45) is 0.662. The number of aliphatic carboxylic acids is 2. The van der Waals surface area contributed by atoms with Gasteiger partial charge in [-0.05, 0) is 42.0 Å². The van der Waals surface area contributed by atoms with E-state index in [0.29, 0.717) is 28.0 Å². The van der Waals surface area contributed by atoms with Gasteiger partial charge in [0.2, 0.25) is 0 Å². The number of carboxylic acids is 2. The number of hydrogen-bond acceptors (Lipinski definition) is 6. The van der Waals surface area contributed by atoms with Crippen LogP contribution in [-0.2, 0) is 14.4 Å². The maximum Gasteiger partial charge on any atom is 0.326 e. The van der Waals surface area contributed by atoms with Crippen LogP contribution in [0.1, 0.15) is 18.4 Å². The zero-order chi connectivity index (χ0) is 18.6. The zero-order valence-corrected chi connectivity index (χ0v) is 14.0. The topological polar surface area (TPSA) is 121 Å². The number of amides is 2. The number of methoxy groups -OCH3 is 1. The Balaban J connectivity index is 2.23. The van der Waals surface area contributed by atoms with Crippen molar-refractivity contribution in [2.75, 3.05) is 7.11 Å². The number of ether oxygens (including phenoxy) is 1. The highest BCUT2D eigenvalue weighted by molar-refractivity contribution is 8.18. The molecular formula is C16H15NO7S. The Hall–Kier alpha value is -2.81. The molecule has 1 unspecified atom stereocenters. The van der Waals surface area contributed by atoms with E-state index in [-0.39, 0.29) is 11.3 Å². The smallest absolute Gasteiger partial charge is 0.326 e. The van der Waals surface area contributed by atoms with E-state index in [1.165, 1.54) is 13.2 Å². The fraction of sp³-hybridized carbons (Fsp3) is 0.250. The predicted octanol–water partition coefficient (Wildman–Crippen LogP) is 2.05. The molecule has 1 heterocycles. The Morgan fingerprint density at radius 2 is 1.88 bits per heavy atom. The van der Waals surface area contributed by atoms with Crippen LogP contribution in [0.3, 0.4) is 0 Å². The first kappa shape index (κ1) is 18.5. The first-order valence-corrected chi connectivity index (χ1v) is 8.01. The lowest BCUT2D eigenvalue weighted by molar-refractivity contribution is -0.147. The molecule has 1 aliphatic heterocycles. The van der Waals surface area contributed by atoms with Gasteiger partial charge >= 0.3 is 11.9 Å². The summed E-state index contributed by atoms with van der Waals surface area (Å²) in [5, 5.41) is 17.2. The Morgan fingerprint density at radius 1 is 1.24 bits per heavy atom. The average Bonchev–Trinajstić information content (AvgIpc) is 2.83. The standard InChI is InChI=1S/C16H15NO7S/c1-24-10-4-2-9(3-5-10)8-12-14(20)17(16(23)25-12)11(15(21)22)6-7-13(18)19/h2-5,8,11H,6-7H2,1H3,(H,18,19)(H,21,22)/b12-8-. The maximum atomic E-state index is 12.4. The molecule has 1 aromatic rings. The summed E-state index contributed by atoms with van der Waals surface area (Å²) >= 11 is 0.623. The van der Waals surface area contributed by atoms with Gasteiger partial charge in [-0.1, -0.05) is 12.1 Å². The molecule has 1 atom stereocenters. The lowest BCUT2D eigenvalue weighted by Crippen LogP contribution is -2.44. The van der Waals surface area contributed by atoms with E-state index in [4.69, 9.17) is 9.84 Å². The maximum absolute atomic E-state index is 12.4. The molecule has 132 valence electrons. The molecule has 2 rings (SSSR count). The fourth-order valence-electron chi connectivity index (χ4n) is 2.22. The predicted molar refractivity (Wildman–Crippen MR) is 89.1 cm³/mol. The minimum Gasteiger partial charge on any atom is -0.497 e. The zero-order valence-electron chi connectivity index (χ0n) is 13.2. The van der Waals surface area contributed by atoms with Crippen molar-refractivity contribution in [3.05, 3.63) is 34.7 Å². The first-order valence-electron chi connectivity index (χ1n) is 7.19. The van der Waals surface area contributed by atoms with E-state index in [0.717, 1.165) is 0 Å². The minimum atomic E-state index is -1.51. The molecule has 0 bridgehead atoms. The molecule has 2 amide bonds. The van der Waals surface area contributed by atoms with Crippen LogP contribution in [0, 0.1) is 0 Å². The molecular weight excluding hydrogens is 350 g/mol. The van der Waals surface area contributed by atoms with E-state index < -0.39 is 35.5 Å². The van der Waals surface area contributed by atoms with E-state index >= 15 is 0 Å². The molecule has 0 spiro atoms. The normalized spacial score (nSPS) is 17.0. The van der Waals surface area contributed by atoms with Crippen molar-refractivity contribution in [1.82, 2.24) is 4.90 Å². The molecule has 1 aromatic carbocycles. The van der Waals surface area contributed by atoms with Crippen LogP contribution < -0.4 is 4.74 Å². The quantitative estimate of drug-likeness (QED) is 0.704. The monoisotopic (exact) mass is 365 g/mol. The van der Waals surface area contributed by atoms with Crippen LogP contribution in [0.25, 0.3) is 6.08 Å². The van der Waals surface area contributed by atoms with Gasteiger partial charge in [0.25, 0.3) is 11.1 Å². The Labute approximate surface area is 147 Å². The highest BCUT2D eigenvalue weighted by Crippen LogP contribution is 2.34. The molecule has 0 saturated carbocycles. The molecule has 0 aliphatic carbocycles. The number of benzene rings is 1. The number of carbonyl (C=O) groups excluding carboxylic acids is 2. The third kappa shape index (κ3) is 4.38. The summed E-state index contributed by atoms with van der Waals surface area (Å²) in [5.74, 6) is -2.74. The van der Waals surface area contributed by atoms with Crippen molar-refractivity contribution in [1.29, 1.82) is 0 Å². The SMILES string of the molecule is COc1ccc(/C=C2\SC(=O)N(C(CCC(=O)O)C(=O)O)C2=O)cc1. The summed E-state index contributed by atoms with van der Waals surface area (Å²) in [4.78, 5) is 47.2. The van der Waals surface area contributed by atoms with Gasteiger partial charge < -0.3 is 14.9 Å². The molecule has 0 aromatic heterocycles. The van der Waals surface area contributed by atoms with Crippen LogP contribution in [0.15, 0.2) is 29.2 Å². The number of nitrogens with zero attached hydrogens (tertiary/aromatic N) is 1. The van der Waals surface area contributed by atoms with Crippen LogP contribution in [0.2, 0.25) is 0 Å². The van der Waals surface area contributed by atoms with E-state index in [2.05, 4.69) is 0 Å². The highest BCUT2D eigenvalue weighted by Gasteiger charge is 2.42. The number of carbonyl (C=O) groups is 4. The van der Waals surface area contributed by atoms with Crippen LogP contribution in [0.4, 0.5) is 4.79 Å². The van der Waals surface area contributed by atoms with Crippen molar-refractivity contribution in [2.24, 2.45) is 0 Å². The minimum absolute atomic E-state index is 0.0803. The summed E-state index contributed by atoms with van der Waals surface area (Å²) < 4.78 is 5.03. The largest absolute Gasteiger partial charge is 0.497 e. The molecule has 0 radical (unpaired) electrons. The Morgan fingerprint density at radius 3 is 2.40 bits per heavy atom. The van der Waals surface area contributed by atoms with Gasteiger partial charge in [0, 0.05) is 6.42 Å². The van der Waals surface area contributed by atoms with Crippen molar-refractivity contribution < 1.29 is 34.1 Å². The van der Waals surface area contributed by atoms with Crippen LogP contribution in [0.5, 0.6) is 5.75 Å². The second-order valence-corrected chi connectivity index (χ2v) is 6.10. The molecule has 9 heteroatoms. The third-order valence-corrected chi connectivity index (χ3v) is 4.35. The molecule has 2 N–H and O–H groups in total. The Bertz CT molecular complexity index is 741. The molecule has 25 heavy (non-hydrogen) atoms. The van der Waals surface area contributed by atoms with E-state index in [9.17, 15) is 24.3 Å². The number of hydrogen-bond donors (Lipinski definition) is 2. The molecule has 1 fully saturated rings. The highest BCUT2D eigenvalue weighted by atomic mass is 32.2. The average molecular weight is 365 g/mol. The molecule has 1 saturated heterocycles. The van der Waals surface area contributed by atoms with Gasteiger partial charge in [-0.2, -0.15) is 0 Å². The van der Waals surface area contributed by atoms with Gasteiger partial charge in [-0.3, -0.25) is 19.3 Å². The fourth-order valence-corrected chi connectivity index (χ4v) is 3.10. The molecule has 8 nitrogen and oxygen atoms in total. The second-order valence-electron chi connectivity index (χ2n) is 5.11. The summed E-state index contributed by atoms with van der Waals surface area (Å²) in [6, 6.07) is 5.23. The van der Waals surface area contributed by atoms with E-state index in [1.807, 2.05) is 0 Å². The van der Waals surface area contributed by atoms with Gasteiger partial charge in [0.05, 0.1) is 12.0 Å². The van der Waals surface area contributed by atoms with Gasteiger partial charge in [-0.25, -0.2) is 4.79 Å². The summed E-state index contributed by atoms with van der Waals surface area (Å²) in [5.41, 5.74) is 0.642. The molecule has 1 aliphatic rings. The van der Waals surface area contributed by atoms with E-state index in [1.54, 1.807) is 24.3 Å². The second kappa shape index (κ2) is 7.84. The third-order valence-electron chi connectivity index (χ3n) is 3.47. The lowest BCUT2D eigenvalue weighted by atomic mass is 10.1. The van der Waals surface area contributed by atoms with Gasteiger partial charge in [-0.15, -0.1) is 0 Å².